The monoisotopic (exact) mass is 487 g/mol. The van der Waals surface area contributed by atoms with Crippen LogP contribution in [0.5, 0.6) is 5.75 Å². The third kappa shape index (κ3) is 5.19. The molecule has 9 nitrogen and oxygen atoms in total. The van der Waals surface area contributed by atoms with Gasteiger partial charge in [0.25, 0.3) is 0 Å². The smallest absolute Gasteiger partial charge is 0.240 e. The van der Waals surface area contributed by atoms with Crippen molar-refractivity contribution in [2.45, 2.75) is 42.7 Å². The van der Waals surface area contributed by atoms with Crippen molar-refractivity contribution in [3.8, 4) is 5.75 Å². The van der Waals surface area contributed by atoms with Gasteiger partial charge in [0.05, 0.1) is 24.7 Å². The van der Waals surface area contributed by atoms with Gasteiger partial charge >= 0.3 is 0 Å². The van der Waals surface area contributed by atoms with Crippen molar-refractivity contribution in [3.63, 3.8) is 0 Å². The summed E-state index contributed by atoms with van der Waals surface area (Å²) in [4.78, 5) is 13.5. The number of hydrogen-bond donors (Lipinski definition) is 1. The fraction of sp³-hybridized carbons (Fsp3) is 0.583. The maximum atomic E-state index is 12.7. The standard InChI is InChI=1S/C24H33N5O4S/c1-32-20-4-6-22(7-5-20)34(30,31)27-19-2-3-21(33-15-19)14-28-12-9-24(10-13-28)16-29(17-24)23-8-11-25-18-26-23/h4-8,11,18-19,21,27H,2-3,9-10,12-17H2,1H3/t19-,21+/m1/s1. The zero-order valence-electron chi connectivity index (χ0n) is 19.6. The summed E-state index contributed by atoms with van der Waals surface area (Å²) in [5.74, 6) is 1.66. The molecule has 3 fully saturated rings. The molecule has 2 aromatic rings. The van der Waals surface area contributed by atoms with Gasteiger partial charge in [-0.3, -0.25) is 0 Å². The van der Waals surface area contributed by atoms with Crippen LogP contribution >= 0.6 is 0 Å². The molecule has 4 heterocycles. The van der Waals surface area contributed by atoms with Crippen LogP contribution in [0, 0.1) is 5.41 Å². The van der Waals surface area contributed by atoms with Crippen LogP contribution < -0.4 is 14.4 Å². The number of likely N-dealkylation sites (tertiary alicyclic amines) is 1. The van der Waals surface area contributed by atoms with Crippen LogP contribution in [-0.2, 0) is 14.8 Å². The number of sulfonamides is 1. The van der Waals surface area contributed by atoms with Gasteiger partial charge in [0.15, 0.2) is 0 Å². The SMILES string of the molecule is COc1ccc(S(=O)(=O)N[C@@H]2CC[C@@H](CN3CCC4(CC3)CN(c3ccncn3)C4)OC2)cc1. The Morgan fingerprint density at radius 3 is 2.53 bits per heavy atom. The number of rotatable bonds is 7. The number of nitrogens with one attached hydrogen (secondary N) is 1. The number of piperidine rings is 1. The molecule has 1 aromatic carbocycles. The molecule has 0 aliphatic carbocycles. The van der Waals surface area contributed by atoms with E-state index in [4.69, 9.17) is 9.47 Å². The molecule has 184 valence electrons. The Morgan fingerprint density at radius 2 is 1.91 bits per heavy atom. The first-order chi connectivity index (χ1) is 16.4. The van der Waals surface area contributed by atoms with Crippen LogP contribution in [0.4, 0.5) is 5.82 Å². The Bertz CT molecular complexity index is 1040. The number of nitrogens with zero attached hydrogens (tertiary/aromatic N) is 4. The molecular weight excluding hydrogens is 454 g/mol. The molecule has 3 saturated heterocycles. The molecule has 34 heavy (non-hydrogen) atoms. The Kier molecular flexibility index (Phi) is 6.74. The highest BCUT2D eigenvalue weighted by Gasteiger charge is 2.45. The van der Waals surface area contributed by atoms with Crippen LogP contribution in [0.2, 0.25) is 0 Å². The van der Waals surface area contributed by atoms with Gasteiger partial charge in [0.2, 0.25) is 10.0 Å². The third-order valence-electron chi connectivity index (χ3n) is 7.38. The van der Waals surface area contributed by atoms with E-state index in [1.165, 1.54) is 12.8 Å². The van der Waals surface area contributed by atoms with Gasteiger partial charge < -0.3 is 19.3 Å². The third-order valence-corrected chi connectivity index (χ3v) is 8.92. The van der Waals surface area contributed by atoms with Gasteiger partial charge in [-0.05, 0) is 69.1 Å². The summed E-state index contributed by atoms with van der Waals surface area (Å²) in [7, 11) is -2.01. The number of aromatic nitrogens is 2. The average Bonchev–Trinajstić information content (AvgIpc) is 2.85. The lowest BCUT2D eigenvalue weighted by Gasteiger charge is -2.54. The van der Waals surface area contributed by atoms with E-state index in [9.17, 15) is 8.42 Å². The van der Waals surface area contributed by atoms with Crippen molar-refractivity contribution in [1.29, 1.82) is 0 Å². The molecule has 5 rings (SSSR count). The normalized spacial score (nSPS) is 25.1. The highest BCUT2D eigenvalue weighted by molar-refractivity contribution is 7.89. The maximum absolute atomic E-state index is 12.7. The summed E-state index contributed by atoms with van der Waals surface area (Å²) in [5, 5.41) is 0. The molecule has 1 aromatic heterocycles. The number of benzene rings is 1. The highest BCUT2D eigenvalue weighted by Crippen LogP contribution is 2.42. The number of anilines is 1. The molecule has 0 unspecified atom stereocenters. The molecule has 2 atom stereocenters. The van der Waals surface area contributed by atoms with E-state index in [2.05, 4.69) is 24.5 Å². The van der Waals surface area contributed by atoms with Crippen molar-refractivity contribution in [3.05, 3.63) is 42.9 Å². The Morgan fingerprint density at radius 1 is 1.15 bits per heavy atom. The minimum absolute atomic E-state index is 0.162. The van der Waals surface area contributed by atoms with Gasteiger partial charge in [-0.2, -0.15) is 0 Å². The van der Waals surface area contributed by atoms with E-state index >= 15 is 0 Å². The minimum atomic E-state index is -3.57. The van der Waals surface area contributed by atoms with Crippen molar-refractivity contribution in [2.75, 3.05) is 51.3 Å². The Labute approximate surface area is 201 Å². The largest absolute Gasteiger partial charge is 0.497 e. The van der Waals surface area contributed by atoms with Gasteiger partial charge in [-0.25, -0.2) is 23.1 Å². The maximum Gasteiger partial charge on any atom is 0.240 e. The first-order valence-electron chi connectivity index (χ1n) is 12.0. The Balaban J connectivity index is 1.04. The second kappa shape index (κ2) is 9.77. The molecule has 0 bridgehead atoms. The summed E-state index contributed by atoms with van der Waals surface area (Å²) < 4.78 is 39.3. The van der Waals surface area contributed by atoms with E-state index in [0.717, 1.165) is 51.4 Å². The number of methoxy groups -OCH3 is 1. The van der Waals surface area contributed by atoms with E-state index in [-0.39, 0.29) is 17.0 Å². The molecule has 1 spiro atoms. The van der Waals surface area contributed by atoms with E-state index < -0.39 is 10.0 Å². The van der Waals surface area contributed by atoms with Crippen LogP contribution in [0.3, 0.4) is 0 Å². The van der Waals surface area contributed by atoms with Gasteiger partial charge in [0.1, 0.15) is 17.9 Å². The lowest BCUT2D eigenvalue weighted by molar-refractivity contribution is -0.0299. The predicted octanol–water partition coefficient (Wildman–Crippen LogP) is 1.91. The molecule has 1 N–H and O–H groups in total. The fourth-order valence-corrected chi connectivity index (χ4v) is 6.55. The summed E-state index contributed by atoms with van der Waals surface area (Å²) in [6.45, 7) is 5.66. The van der Waals surface area contributed by atoms with Gasteiger partial charge in [0, 0.05) is 37.3 Å². The first-order valence-corrected chi connectivity index (χ1v) is 13.4. The summed E-state index contributed by atoms with van der Waals surface area (Å²) in [6.07, 6.45) is 7.62. The number of hydrogen-bond acceptors (Lipinski definition) is 8. The molecule has 3 aliphatic rings. The lowest BCUT2D eigenvalue weighted by Crippen LogP contribution is -2.61. The minimum Gasteiger partial charge on any atom is -0.497 e. The van der Waals surface area contributed by atoms with Crippen molar-refractivity contribution in [1.82, 2.24) is 19.6 Å². The van der Waals surface area contributed by atoms with Gasteiger partial charge in [-0.15, -0.1) is 0 Å². The van der Waals surface area contributed by atoms with E-state index in [1.54, 1.807) is 43.9 Å². The molecule has 0 radical (unpaired) electrons. The van der Waals surface area contributed by atoms with Crippen LogP contribution in [0.15, 0.2) is 47.8 Å². The summed E-state index contributed by atoms with van der Waals surface area (Å²) in [5.41, 5.74) is 0.416. The zero-order valence-corrected chi connectivity index (χ0v) is 20.4. The van der Waals surface area contributed by atoms with Gasteiger partial charge in [-0.1, -0.05) is 0 Å². The zero-order chi connectivity index (χ0) is 23.6. The fourth-order valence-electron chi connectivity index (χ4n) is 5.30. The van der Waals surface area contributed by atoms with E-state index in [0.29, 0.717) is 17.8 Å². The molecule has 0 amide bonds. The van der Waals surface area contributed by atoms with Crippen molar-refractivity contribution >= 4 is 15.8 Å². The topological polar surface area (TPSA) is 96.9 Å². The second-order valence-corrected chi connectivity index (χ2v) is 11.5. The lowest BCUT2D eigenvalue weighted by atomic mass is 9.72. The quantitative estimate of drug-likeness (QED) is 0.633. The predicted molar refractivity (Wildman–Crippen MR) is 128 cm³/mol. The van der Waals surface area contributed by atoms with Crippen LogP contribution in [-0.4, -0.2) is 81.9 Å². The first kappa shape index (κ1) is 23.5. The van der Waals surface area contributed by atoms with Crippen LogP contribution in [0.25, 0.3) is 0 Å². The van der Waals surface area contributed by atoms with Crippen molar-refractivity contribution < 1.29 is 17.9 Å². The van der Waals surface area contributed by atoms with E-state index in [1.807, 2.05) is 6.07 Å². The van der Waals surface area contributed by atoms with Crippen molar-refractivity contribution in [2.24, 2.45) is 5.41 Å². The molecule has 0 saturated carbocycles. The average molecular weight is 488 g/mol. The molecular formula is C24H33N5O4S. The second-order valence-electron chi connectivity index (χ2n) is 9.75. The Hall–Kier alpha value is -2.27. The summed E-state index contributed by atoms with van der Waals surface area (Å²) in [6, 6.07) is 8.21. The summed E-state index contributed by atoms with van der Waals surface area (Å²) >= 11 is 0. The highest BCUT2D eigenvalue weighted by atomic mass is 32.2. The van der Waals surface area contributed by atoms with Crippen LogP contribution in [0.1, 0.15) is 25.7 Å². The molecule has 3 aliphatic heterocycles. The number of ether oxygens (including phenoxy) is 2. The molecule has 10 heteroatoms.